The van der Waals surface area contributed by atoms with Crippen LogP contribution in [-0.4, -0.2) is 31.5 Å². The molecule has 3 rings (SSSR count). The molecule has 1 aliphatic rings. The summed E-state index contributed by atoms with van der Waals surface area (Å²) >= 11 is 5.85. The van der Waals surface area contributed by atoms with Gasteiger partial charge in [-0.1, -0.05) is 35.9 Å². The number of rotatable bonds is 6. The van der Waals surface area contributed by atoms with Crippen LogP contribution in [0, 0.1) is 0 Å². The number of amides is 2. The standard InChI is InChI=1S/C19H19ClN2O3/c20-15-7-5-14(6-8-15)9-11-21-18(23)10-12-22-16-3-1-2-4-17(16)25-13-19(22)24/h1-8H,9-13H2,(H,21,23). The van der Waals surface area contributed by atoms with E-state index in [0.717, 1.165) is 12.0 Å². The molecular weight excluding hydrogens is 340 g/mol. The van der Waals surface area contributed by atoms with E-state index in [1.165, 1.54) is 0 Å². The van der Waals surface area contributed by atoms with Gasteiger partial charge in [-0.2, -0.15) is 0 Å². The Balaban J connectivity index is 1.47. The number of fused-ring (bicyclic) bond motifs is 1. The van der Waals surface area contributed by atoms with Gasteiger partial charge in [-0.15, -0.1) is 0 Å². The topological polar surface area (TPSA) is 58.6 Å². The van der Waals surface area contributed by atoms with Gasteiger partial charge in [0.15, 0.2) is 6.61 Å². The fraction of sp³-hybridized carbons (Fsp3) is 0.263. The highest BCUT2D eigenvalue weighted by Gasteiger charge is 2.25. The molecule has 25 heavy (non-hydrogen) atoms. The molecule has 5 nitrogen and oxygen atoms in total. The molecule has 0 saturated heterocycles. The predicted molar refractivity (Wildman–Crippen MR) is 97.1 cm³/mol. The van der Waals surface area contributed by atoms with Crippen LogP contribution < -0.4 is 15.0 Å². The lowest BCUT2D eigenvalue weighted by Crippen LogP contribution is -2.41. The van der Waals surface area contributed by atoms with Crippen LogP contribution >= 0.6 is 11.6 Å². The van der Waals surface area contributed by atoms with E-state index in [2.05, 4.69) is 5.32 Å². The minimum absolute atomic E-state index is 0.00913. The maximum Gasteiger partial charge on any atom is 0.265 e. The normalized spacial score (nSPS) is 13.2. The molecule has 2 aromatic carbocycles. The van der Waals surface area contributed by atoms with Gasteiger partial charge in [0.25, 0.3) is 5.91 Å². The van der Waals surface area contributed by atoms with E-state index >= 15 is 0 Å². The van der Waals surface area contributed by atoms with Crippen molar-refractivity contribution in [3.8, 4) is 5.75 Å². The Hall–Kier alpha value is -2.53. The third-order valence-electron chi connectivity index (χ3n) is 4.02. The largest absolute Gasteiger partial charge is 0.482 e. The van der Waals surface area contributed by atoms with Crippen LogP contribution in [0.25, 0.3) is 0 Å². The van der Waals surface area contributed by atoms with E-state index in [1.54, 1.807) is 4.90 Å². The molecule has 0 fully saturated rings. The van der Waals surface area contributed by atoms with Crippen LogP contribution in [0.4, 0.5) is 5.69 Å². The van der Waals surface area contributed by atoms with E-state index in [0.29, 0.717) is 29.5 Å². The first-order valence-electron chi connectivity index (χ1n) is 8.17. The zero-order chi connectivity index (χ0) is 17.6. The lowest BCUT2D eigenvalue weighted by Gasteiger charge is -2.29. The second kappa shape index (κ2) is 8.03. The minimum atomic E-state index is -0.132. The van der Waals surface area contributed by atoms with E-state index in [-0.39, 0.29) is 24.8 Å². The number of benzene rings is 2. The highest BCUT2D eigenvalue weighted by atomic mass is 35.5. The molecule has 1 N–H and O–H groups in total. The van der Waals surface area contributed by atoms with Gasteiger partial charge in [0.1, 0.15) is 5.75 Å². The molecule has 0 saturated carbocycles. The molecule has 0 aromatic heterocycles. The van der Waals surface area contributed by atoms with Crippen molar-refractivity contribution in [1.29, 1.82) is 0 Å². The van der Waals surface area contributed by atoms with E-state index in [1.807, 2.05) is 48.5 Å². The molecule has 2 amide bonds. The van der Waals surface area contributed by atoms with Crippen LogP contribution in [0.2, 0.25) is 5.02 Å². The molecular formula is C19H19ClN2O3. The van der Waals surface area contributed by atoms with Crippen LogP contribution in [0.5, 0.6) is 5.75 Å². The van der Waals surface area contributed by atoms with Crippen molar-refractivity contribution in [1.82, 2.24) is 5.32 Å². The summed E-state index contributed by atoms with van der Waals surface area (Å²) in [4.78, 5) is 25.7. The first-order valence-corrected chi connectivity index (χ1v) is 8.54. The van der Waals surface area contributed by atoms with Gasteiger partial charge in [-0.05, 0) is 36.2 Å². The Labute approximate surface area is 151 Å². The van der Waals surface area contributed by atoms with Gasteiger partial charge in [-0.3, -0.25) is 9.59 Å². The maximum absolute atomic E-state index is 12.1. The summed E-state index contributed by atoms with van der Waals surface area (Å²) in [6, 6.07) is 14.9. The van der Waals surface area contributed by atoms with Crippen LogP contribution in [0.15, 0.2) is 48.5 Å². The first-order chi connectivity index (χ1) is 12.1. The van der Waals surface area contributed by atoms with Crippen molar-refractivity contribution in [3.05, 3.63) is 59.1 Å². The van der Waals surface area contributed by atoms with Gasteiger partial charge in [0.2, 0.25) is 5.91 Å². The molecule has 1 heterocycles. The SMILES string of the molecule is O=C(CCN1C(=O)COc2ccccc21)NCCc1ccc(Cl)cc1. The minimum Gasteiger partial charge on any atom is -0.482 e. The summed E-state index contributed by atoms with van der Waals surface area (Å²) in [5.41, 5.74) is 1.83. The second-order valence-electron chi connectivity index (χ2n) is 5.78. The summed E-state index contributed by atoms with van der Waals surface area (Å²) in [7, 11) is 0. The molecule has 0 spiro atoms. The van der Waals surface area contributed by atoms with Crippen molar-refractivity contribution in [3.63, 3.8) is 0 Å². The van der Waals surface area contributed by atoms with Gasteiger partial charge in [-0.25, -0.2) is 0 Å². The number of nitrogens with one attached hydrogen (secondary N) is 1. The van der Waals surface area contributed by atoms with Crippen LogP contribution in [0.3, 0.4) is 0 Å². The lowest BCUT2D eigenvalue weighted by atomic mass is 10.1. The number of hydrogen-bond acceptors (Lipinski definition) is 3. The zero-order valence-electron chi connectivity index (χ0n) is 13.7. The van der Waals surface area contributed by atoms with Crippen LogP contribution in [-0.2, 0) is 16.0 Å². The fourth-order valence-corrected chi connectivity index (χ4v) is 2.82. The number of anilines is 1. The lowest BCUT2D eigenvalue weighted by molar-refractivity contribution is -0.122. The molecule has 130 valence electrons. The number of halogens is 1. The second-order valence-corrected chi connectivity index (χ2v) is 6.21. The Morgan fingerprint density at radius 3 is 2.72 bits per heavy atom. The number of ether oxygens (including phenoxy) is 1. The van der Waals surface area contributed by atoms with Crippen LogP contribution in [0.1, 0.15) is 12.0 Å². The van der Waals surface area contributed by atoms with Crippen molar-refractivity contribution < 1.29 is 14.3 Å². The molecule has 0 bridgehead atoms. The van der Waals surface area contributed by atoms with Gasteiger partial charge < -0.3 is 15.0 Å². The monoisotopic (exact) mass is 358 g/mol. The Morgan fingerprint density at radius 2 is 1.92 bits per heavy atom. The van der Waals surface area contributed by atoms with Gasteiger partial charge in [0, 0.05) is 24.5 Å². The summed E-state index contributed by atoms with van der Waals surface area (Å²) < 4.78 is 5.39. The average molecular weight is 359 g/mol. The zero-order valence-corrected chi connectivity index (χ0v) is 14.5. The number of carbonyl (C=O) groups is 2. The van der Waals surface area contributed by atoms with E-state index < -0.39 is 0 Å². The number of nitrogens with zero attached hydrogens (tertiary/aromatic N) is 1. The highest BCUT2D eigenvalue weighted by Crippen LogP contribution is 2.31. The molecule has 6 heteroatoms. The van der Waals surface area contributed by atoms with Gasteiger partial charge >= 0.3 is 0 Å². The van der Waals surface area contributed by atoms with Crippen molar-refractivity contribution in [2.24, 2.45) is 0 Å². The summed E-state index contributed by atoms with van der Waals surface area (Å²) in [6.45, 7) is 0.898. The van der Waals surface area contributed by atoms with Crippen molar-refractivity contribution in [2.45, 2.75) is 12.8 Å². The van der Waals surface area contributed by atoms with Crippen molar-refractivity contribution >= 4 is 29.1 Å². The Morgan fingerprint density at radius 1 is 1.16 bits per heavy atom. The Bertz CT molecular complexity index is 762. The Kier molecular flexibility index (Phi) is 5.56. The first kappa shape index (κ1) is 17.3. The maximum atomic E-state index is 12.1. The van der Waals surface area contributed by atoms with E-state index in [9.17, 15) is 9.59 Å². The average Bonchev–Trinajstić information content (AvgIpc) is 2.62. The van der Waals surface area contributed by atoms with Gasteiger partial charge in [0.05, 0.1) is 5.69 Å². The number of para-hydroxylation sites is 2. The number of carbonyl (C=O) groups excluding carboxylic acids is 2. The third kappa shape index (κ3) is 4.51. The smallest absolute Gasteiger partial charge is 0.265 e. The van der Waals surface area contributed by atoms with Crippen molar-refractivity contribution in [2.75, 3.05) is 24.6 Å². The predicted octanol–water partition coefficient (Wildman–Crippen LogP) is 2.81. The quantitative estimate of drug-likeness (QED) is 0.863. The highest BCUT2D eigenvalue weighted by molar-refractivity contribution is 6.30. The molecule has 0 radical (unpaired) electrons. The molecule has 0 unspecified atom stereocenters. The molecule has 0 atom stereocenters. The summed E-state index contributed by atoms with van der Waals surface area (Å²) in [5.74, 6) is 0.462. The molecule has 0 aliphatic carbocycles. The fourth-order valence-electron chi connectivity index (χ4n) is 2.70. The number of hydrogen-bond donors (Lipinski definition) is 1. The van der Waals surface area contributed by atoms with E-state index in [4.69, 9.17) is 16.3 Å². The summed E-state index contributed by atoms with van der Waals surface area (Å²) in [5, 5.41) is 3.58. The molecule has 1 aliphatic heterocycles. The summed E-state index contributed by atoms with van der Waals surface area (Å²) in [6.07, 6.45) is 0.989. The third-order valence-corrected chi connectivity index (χ3v) is 4.27. The molecule has 2 aromatic rings.